The van der Waals surface area contributed by atoms with Crippen molar-refractivity contribution in [3.05, 3.63) is 36.0 Å². The van der Waals surface area contributed by atoms with Crippen LogP contribution < -0.4 is 5.32 Å². The smallest absolute Gasteiger partial charge is 0.252 e. The number of hydrogen-bond acceptors (Lipinski definition) is 5. The van der Waals surface area contributed by atoms with Crippen LogP contribution in [0.5, 0.6) is 0 Å². The topological polar surface area (TPSA) is 72.7 Å². The van der Waals surface area contributed by atoms with E-state index in [-0.39, 0.29) is 5.91 Å². The molecule has 1 N–H and O–H groups in total. The van der Waals surface area contributed by atoms with Crippen LogP contribution >= 0.6 is 11.8 Å². The van der Waals surface area contributed by atoms with E-state index in [2.05, 4.69) is 27.4 Å². The van der Waals surface area contributed by atoms with Crippen LogP contribution in [0.4, 0.5) is 0 Å². The molecule has 0 fully saturated rings. The molecule has 20 heavy (non-hydrogen) atoms. The van der Waals surface area contributed by atoms with Gasteiger partial charge in [-0.05, 0) is 17.9 Å². The molecule has 2 rings (SSSR count). The fraction of sp³-hybridized carbons (Fsp3) is 0.385. The van der Waals surface area contributed by atoms with Crippen molar-refractivity contribution in [2.24, 2.45) is 7.05 Å². The highest BCUT2D eigenvalue weighted by atomic mass is 32.2. The van der Waals surface area contributed by atoms with Gasteiger partial charge in [0.05, 0.1) is 10.6 Å². The van der Waals surface area contributed by atoms with Gasteiger partial charge in [-0.25, -0.2) is 4.98 Å². The van der Waals surface area contributed by atoms with E-state index in [1.165, 1.54) is 0 Å². The van der Waals surface area contributed by atoms with Gasteiger partial charge in [0.25, 0.3) is 5.91 Å². The summed E-state index contributed by atoms with van der Waals surface area (Å²) in [6.45, 7) is 2.59. The Hall–Kier alpha value is -1.89. The molecule has 0 saturated carbocycles. The SMILES string of the molecule is CCSc1ccc(C(=O)NCCc2nncn2C)cn1. The highest BCUT2D eigenvalue weighted by molar-refractivity contribution is 7.99. The first-order valence-electron chi connectivity index (χ1n) is 6.40. The highest BCUT2D eigenvalue weighted by Crippen LogP contribution is 2.14. The molecule has 0 aliphatic heterocycles. The van der Waals surface area contributed by atoms with E-state index in [1.54, 1.807) is 30.4 Å². The van der Waals surface area contributed by atoms with Gasteiger partial charge in [0, 0.05) is 26.2 Å². The van der Waals surface area contributed by atoms with Crippen LogP contribution in [-0.2, 0) is 13.5 Å². The molecule has 0 unspecified atom stereocenters. The third-order valence-corrected chi connectivity index (χ3v) is 3.56. The molecule has 6 nitrogen and oxygen atoms in total. The van der Waals surface area contributed by atoms with Crippen molar-refractivity contribution in [1.82, 2.24) is 25.1 Å². The molecule has 106 valence electrons. The van der Waals surface area contributed by atoms with E-state index in [4.69, 9.17) is 0 Å². The standard InChI is InChI=1S/C13H17N5OS/c1-3-20-12-5-4-10(8-15-12)13(19)14-7-6-11-17-16-9-18(11)2/h4-5,8-9H,3,6-7H2,1-2H3,(H,14,19). The van der Waals surface area contributed by atoms with Crippen LogP contribution in [0.15, 0.2) is 29.7 Å². The molecular formula is C13H17N5OS. The van der Waals surface area contributed by atoms with Crippen LogP contribution in [0.1, 0.15) is 23.1 Å². The summed E-state index contributed by atoms with van der Waals surface area (Å²) in [5.41, 5.74) is 0.573. The second-order valence-electron chi connectivity index (χ2n) is 4.18. The lowest BCUT2D eigenvalue weighted by Gasteiger charge is -2.05. The molecule has 0 radical (unpaired) electrons. The van der Waals surface area contributed by atoms with Crippen molar-refractivity contribution < 1.29 is 4.79 Å². The first-order valence-corrected chi connectivity index (χ1v) is 7.39. The Balaban J connectivity index is 1.84. The van der Waals surface area contributed by atoms with Gasteiger partial charge in [0.2, 0.25) is 0 Å². The lowest BCUT2D eigenvalue weighted by molar-refractivity contribution is 0.0953. The van der Waals surface area contributed by atoms with E-state index >= 15 is 0 Å². The zero-order valence-corrected chi connectivity index (χ0v) is 12.4. The lowest BCUT2D eigenvalue weighted by Crippen LogP contribution is -2.26. The molecule has 0 atom stereocenters. The summed E-state index contributed by atoms with van der Waals surface area (Å²) < 4.78 is 1.84. The van der Waals surface area contributed by atoms with Gasteiger partial charge in [-0.1, -0.05) is 6.92 Å². The molecule has 0 saturated heterocycles. The second-order valence-corrected chi connectivity index (χ2v) is 5.47. The Morgan fingerprint density at radius 2 is 2.30 bits per heavy atom. The van der Waals surface area contributed by atoms with E-state index in [1.807, 2.05) is 17.7 Å². The summed E-state index contributed by atoms with van der Waals surface area (Å²) in [5, 5.41) is 11.5. The number of rotatable bonds is 6. The minimum Gasteiger partial charge on any atom is -0.352 e. The maximum absolute atomic E-state index is 11.9. The fourth-order valence-corrected chi connectivity index (χ4v) is 2.26. The summed E-state index contributed by atoms with van der Waals surface area (Å²) in [6, 6.07) is 3.66. The number of hydrogen-bond donors (Lipinski definition) is 1. The number of pyridine rings is 1. The van der Waals surface area contributed by atoms with Gasteiger partial charge in [-0.2, -0.15) is 0 Å². The largest absolute Gasteiger partial charge is 0.352 e. The van der Waals surface area contributed by atoms with Gasteiger partial charge in [-0.3, -0.25) is 4.79 Å². The summed E-state index contributed by atoms with van der Waals surface area (Å²) in [5.74, 6) is 1.70. The van der Waals surface area contributed by atoms with Crippen molar-refractivity contribution in [2.45, 2.75) is 18.4 Å². The molecule has 7 heteroatoms. The maximum atomic E-state index is 11.9. The lowest BCUT2D eigenvalue weighted by atomic mass is 10.2. The number of nitrogens with one attached hydrogen (secondary N) is 1. The second kappa shape index (κ2) is 7.04. The molecule has 0 bridgehead atoms. The highest BCUT2D eigenvalue weighted by Gasteiger charge is 2.07. The molecule has 2 aromatic rings. The van der Waals surface area contributed by atoms with E-state index in [0.29, 0.717) is 18.5 Å². The van der Waals surface area contributed by atoms with Crippen LogP contribution in [0, 0.1) is 0 Å². The van der Waals surface area contributed by atoms with Crippen molar-refractivity contribution in [3.63, 3.8) is 0 Å². The zero-order chi connectivity index (χ0) is 14.4. The number of nitrogens with zero attached hydrogens (tertiary/aromatic N) is 4. The number of carbonyl (C=O) groups excluding carboxylic acids is 1. The van der Waals surface area contributed by atoms with E-state index < -0.39 is 0 Å². The number of carbonyl (C=O) groups is 1. The minimum atomic E-state index is -0.118. The molecule has 0 spiro atoms. The number of aryl methyl sites for hydroxylation is 1. The van der Waals surface area contributed by atoms with E-state index in [0.717, 1.165) is 16.6 Å². The molecule has 2 aromatic heterocycles. The predicted octanol–water partition coefficient (Wildman–Crippen LogP) is 1.29. The number of aromatic nitrogens is 4. The van der Waals surface area contributed by atoms with Gasteiger partial charge >= 0.3 is 0 Å². The molecule has 2 heterocycles. The van der Waals surface area contributed by atoms with Crippen LogP contribution in [0.3, 0.4) is 0 Å². The number of thioether (sulfide) groups is 1. The minimum absolute atomic E-state index is 0.118. The first-order chi connectivity index (χ1) is 9.70. The van der Waals surface area contributed by atoms with Gasteiger partial charge in [0.1, 0.15) is 12.2 Å². The average Bonchev–Trinajstić information content (AvgIpc) is 2.85. The fourth-order valence-electron chi connectivity index (χ4n) is 1.67. The Morgan fingerprint density at radius 3 is 2.90 bits per heavy atom. The van der Waals surface area contributed by atoms with Gasteiger partial charge < -0.3 is 9.88 Å². The van der Waals surface area contributed by atoms with Crippen molar-refractivity contribution in [1.29, 1.82) is 0 Å². The third-order valence-electron chi connectivity index (χ3n) is 2.73. The normalized spacial score (nSPS) is 10.5. The Morgan fingerprint density at radius 1 is 1.45 bits per heavy atom. The van der Waals surface area contributed by atoms with Crippen LogP contribution in [0.2, 0.25) is 0 Å². The third kappa shape index (κ3) is 3.80. The molecule has 0 aromatic carbocycles. The Kier molecular flexibility index (Phi) is 5.11. The first kappa shape index (κ1) is 14.5. The quantitative estimate of drug-likeness (QED) is 0.812. The zero-order valence-electron chi connectivity index (χ0n) is 11.5. The summed E-state index contributed by atoms with van der Waals surface area (Å²) in [6.07, 6.45) is 3.90. The van der Waals surface area contributed by atoms with Crippen molar-refractivity contribution >= 4 is 17.7 Å². The van der Waals surface area contributed by atoms with Crippen molar-refractivity contribution in [3.8, 4) is 0 Å². The van der Waals surface area contributed by atoms with Crippen LogP contribution in [0.25, 0.3) is 0 Å². The van der Waals surface area contributed by atoms with E-state index in [9.17, 15) is 4.79 Å². The number of amides is 1. The summed E-state index contributed by atoms with van der Waals surface area (Å²) >= 11 is 1.65. The molecular weight excluding hydrogens is 274 g/mol. The monoisotopic (exact) mass is 291 g/mol. The summed E-state index contributed by atoms with van der Waals surface area (Å²) in [7, 11) is 1.88. The Bertz CT molecular complexity index is 566. The molecule has 0 aliphatic carbocycles. The molecule has 1 amide bonds. The van der Waals surface area contributed by atoms with Gasteiger partial charge in [0.15, 0.2) is 0 Å². The Labute approximate surface area is 122 Å². The van der Waals surface area contributed by atoms with Crippen LogP contribution in [-0.4, -0.2) is 38.0 Å². The summed E-state index contributed by atoms with van der Waals surface area (Å²) in [4.78, 5) is 16.2. The van der Waals surface area contributed by atoms with Gasteiger partial charge in [-0.15, -0.1) is 22.0 Å². The average molecular weight is 291 g/mol. The predicted molar refractivity (Wildman–Crippen MR) is 77.7 cm³/mol. The maximum Gasteiger partial charge on any atom is 0.252 e. The molecule has 0 aliphatic rings. The van der Waals surface area contributed by atoms with Crippen molar-refractivity contribution in [2.75, 3.05) is 12.3 Å².